The Morgan fingerprint density at radius 2 is 2.00 bits per heavy atom. The van der Waals surface area contributed by atoms with Gasteiger partial charge in [-0.3, -0.25) is 0 Å². The minimum Gasteiger partial charge on any atom is -0.393 e. The van der Waals surface area contributed by atoms with Crippen molar-refractivity contribution in [2.45, 2.75) is 38.7 Å². The molecule has 1 atom stereocenters. The van der Waals surface area contributed by atoms with E-state index in [2.05, 4.69) is 6.92 Å². The van der Waals surface area contributed by atoms with E-state index in [9.17, 15) is 5.11 Å². The van der Waals surface area contributed by atoms with Crippen molar-refractivity contribution >= 4 is 23.2 Å². The van der Waals surface area contributed by atoms with Crippen molar-refractivity contribution in [1.29, 1.82) is 0 Å². The molecule has 0 saturated carbocycles. The van der Waals surface area contributed by atoms with E-state index in [1.54, 1.807) is 12.1 Å². The van der Waals surface area contributed by atoms with Crippen molar-refractivity contribution in [3.05, 3.63) is 33.8 Å². The highest BCUT2D eigenvalue weighted by Gasteiger charge is 2.07. The molecule has 1 aromatic carbocycles. The Bertz CT molecular complexity index is 356. The Kier molecular flexibility index (Phi) is 7.68. The van der Waals surface area contributed by atoms with Crippen molar-refractivity contribution in [1.82, 2.24) is 0 Å². The summed E-state index contributed by atoms with van der Waals surface area (Å²) in [6.45, 7) is 3.50. The molecule has 1 rings (SSSR count). The highest BCUT2D eigenvalue weighted by molar-refractivity contribution is 6.42. The fourth-order valence-electron chi connectivity index (χ4n) is 1.61. The minimum atomic E-state index is -0.399. The van der Waals surface area contributed by atoms with Gasteiger partial charge < -0.3 is 9.84 Å². The first-order valence-corrected chi connectivity index (χ1v) is 7.08. The van der Waals surface area contributed by atoms with Gasteiger partial charge in [-0.05, 0) is 37.0 Å². The van der Waals surface area contributed by atoms with Crippen LogP contribution in [0.5, 0.6) is 0 Å². The fourth-order valence-corrected chi connectivity index (χ4v) is 1.93. The van der Waals surface area contributed by atoms with Gasteiger partial charge in [-0.2, -0.15) is 0 Å². The Morgan fingerprint density at radius 1 is 1.22 bits per heavy atom. The van der Waals surface area contributed by atoms with E-state index in [4.69, 9.17) is 27.9 Å². The van der Waals surface area contributed by atoms with Crippen LogP contribution in [0, 0.1) is 0 Å². The molecule has 18 heavy (non-hydrogen) atoms. The third-order valence-electron chi connectivity index (χ3n) is 2.69. The molecule has 1 unspecified atom stereocenters. The topological polar surface area (TPSA) is 29.5 Å². The molecule has 0 aliphatic rings. The molecule has 0 amide bonds. The third-order valence-corrected chi connectivity index (χ3v) is 3.43. The highest BCUT2D eigenvalue weighted by atomic mass is 35.5. The molecule has 0 aliphatic carbocycles. The summed E-state index contributed by atoms with van der Waals surface area (Å²) in [6.07, 6.45) is 3.02. The van der Waals surface area contributed by atoms with Gasteiger partial charge in [0.25, 0.3) is 0 Å². The molecule has 0 fully saturated rings. The molecule has 0 bridgehead atoms. The SMILES string of the molecule is CCCCOCCC(O)Cc1ccc(Cl)c(Cl)c1. The number of aliphatic hydroxyl groups excluding tert-OH is 1. The number of hydrogen-bond acceptors (Lipinski definition) is 2. The second kappa shape index (κ2) is 8.76. The van der Waals surface area contributed by atoms with E-state index < -0.39 is 6.10 Å². The van der Waals surface area contributed by atoms with E-state index >= 15 is 0 Å². The lowest BCUT2D eigenvalue weighted by molar-refractivity contribution is 0.0807. The standard InChI is InChI=1S/C14H20Cl2O2/c1-2-3-7-18-8-6-12(17)9-11-4-5-13(15)14(16)10-11/h4-5,10,12,17H,2-3,6-9H2,1H3. The molecule has 0 heterocycles. The van der Waals surface area contributed by atoms with Crippen molar-refractivity contribution in [2.24, 2.45) is 0 Å². The van der Waals surface area contributed by atoms with Gasteiger partial charge in [-0.15, -0.1) is 0 Å². The molecule has 102 valence electrons. The van der Waals surface area contributed by atoms with Crippen LogP contribution in [-0.4, -0.2) is 24.4 Å². The average Bonchev–Trinajstić information content (AvgIpc) is 2.34. The van der Waals surface area contributed by atoms with Crippen LogP contribution in [0.2, 0.25) is 10.0 Å². The normalized spacial score (nSPS) is 12.7. The second-order valence-electron chi connectivity index (χ2n) is 4.36. The lowest BCUT2D eigenvalue weighted by atomic mass is 10.1. The Labute approximate surface area is 119 Å². The quantitative estimate of drug-likeness (QED) is 0.731. The molecule has 0 aromatic heterocycles. The second-order valence-corrected chi connectivity index (χ2v) is 5.18. The maximum absolute atomic E-state index is 9.86. The third kappa shape index (κ3) is 6.05. The summed E-state index contributed by atoms with van der Waals surface area (Å²) < 4.78 is 5.42. The van der Waals surface area contributed by atoms with Crippen molar-refractivity contribution in [3.8, 4) is 0 Å². The Morgan fingerprint density at radius 3 is 2.67 bits per heavy atom. The molecule has 0 radical (unpaired) electrons. The van der Waals surface area contributed by atoms with Crippen LogP contribution in [0.15, 0.2) is 18.2 Å². The minimum absolute atomic E-state index is 0.399. The Hall–Kier alpha value is -0.280. The molecule has 4 heteroatoms. The van der Waals surface area contributed by atoms with E-state index in [1.165, 1.54) is 0 Å². The largest absolute Gasteiger partial charge is 0.393 e. The van der Waals surface area contributed by atoms with Gasteiger partial charge >= 0.3 is 0 Å². The zero-order chi connectivity index (χ0) is 13.4. The lowest BCUT2D eigenvalue weighted by Gasteiger charge is -2.11. The zero-order valence-corrected chi connectivity index (χ0v) is 12.2. The smallest absolute Gasteiger partial charge is 0.0602 e. The summed E-state index contributed by atoms with van der Waals surface area (Å²) in [7, 11) is 0. The number of rotatable bonds is 8. The van der Waals surface area contributed by atoms with Gasteiger partial charge in [0.2, 0.25) is 0 Å². The predicted octanol–water partition coefficient (Wildman–Crippen LogP) is 4.10. The van der Waals surface area contributed by atoms with Crippen LogP contribution in [0.1, 0.15) is 31.7 Å². The average molecular weight is 291 g/mol. The summed E-state index contributed by atoms with van der Waals surface area (Å²) in [6, 6.07) is 5.43. The molecular formula is C14H20Cl2O2. The molecule has 1 N–H and O–H groups in total. The van der Waals surface area contributed by atoms with Crippen LogP contribution in [-0.2, 0) is 11.2 Å². The first kappa shape index (κ1) is 15.8. The molecule has 2 nitrogen and oxygen atoms in total. The van der Waals surface area contributed by atoms with Gasteiger partial charge in [0.1, 0.15) is 0 Å². The van der Waals surface area contributed by atoms with E-state index in [0.29, 0.717) is 29.5 Å². The first-order chi connectivity index (χ1) is 8.63. The van der Waals surface area contributed by atoms with Crippen molar-refractivity contribution in [2.75, 3.05) is 13.2 Å². The number of unbranched alkanes of at least 4 members (excludes halogenated alkanes) is 1. The molecule has 0 spiro atoms. The van der Waals surface area contributed by atoms with Gasteiger partial charge in [-0.25, -0.2) is 0 Å². The zero-order valence-electron chi connectivity index (χ0n) is 10.7. The van der Waals surface area contributed by atoms with E-state index in [-0.39, 0.29) is 0 Å². The number of halogens is 2. The number of hydrogen-bond donors (Lipinski definition) is 1. The summed E-state index contributed by atoms with van der Waals surface area (Å²) >= 11 is 11.8. The molecular weight excluding hydrogens is 271 g/mol. The summed E-state index contributed by atoms with van der Waals surface area (Å²) in [4.78, 5) is 0. The van der Waals surface area contributed by atoms with E-state index in [0.717, 1.165) is 25.0 Å². The molecule has 0 aliphatic heterocycles. The predicted molar refractivity (Wildman–Crippen MR) is 76.5 cm³/mol. The molecule has 1 aromatic rings. The van der Waals surface area contributed by atoms with E-state index in [1.807, 2.05) is 6.07 Å². The van der Waals surface area contributed by atoms with Crippen molar-refractivity contribution in [3.63, 3.8) is 0 Å². The molecule has 0 saturated heterocycles. The van der Waals surface area contributed by atoms with Crippen LogP contribution in [0.25, 0.3) is 0 Å². The summed E-state index contributed by atoms with van der Waals surface area (Å²) in [5.41, 5.74) is 0.991. The van der Waals surface area contributed by atoms with Crippen molar-refractivity contribution < 1.29 is 9.84 Å². The first-order valence-electron chi connectivity index (χ1n) is 6.33. The van der Waals surface area contributed by atoms with Crippen LogP contribution in [0.4, 0.5) is 0 Å². The fraction of sp³-hybridized carbons (Fsp3) is 0.571. The highest BCUT2D eigenvalue weighted by Crippen LogP contribution is 2.23. The summed E-state index contributed by atoms with van der Waals surface area (Å²) in [5.74, 6) is 0. The maximum Gasteiger partial charge on any atom is 0.0602 e. The number of benzene rings is 1. The van der Waals surface area contributed by atoms with Gasteiger partial charge in [0, 0.05) is 13.2 Å². The monoisotopic (exact) mass is 290 g/mol. The number of ether oxygens (including phenoxy) is 1. The Balaban J connectivity index is 2.26. The summed E-state index contributed by atoms with van der Waals surface area (Å²) in [5, 5.41) is 10.9. The number of aliphatic hydroxyl groups is 1. The van der Waals surface area contributed by atoms with Crippen LogP contribution < -0.4 is 0 Å². The van der Waals surface area contributed by atoms with Gasteiger partial charge in [-0.1, -0.05) is 42.6 Å². The van der Waals surface area contributed by atoms with Crippen LogP contribution in [0.3, 0.4) is 0 Å². The maximum atomic E-state index is 9.86. The lowest BCUT2D eigenvalue weighted by Crippen LogP contribution is -2.14. The van der Waals surface area contributed by atoms with Gasteiger partial charge in [0.05, 0.1) is 16.1 Å². The van der Waals surface area contributed by atoms with Gasteiger partial charge in [0.15, 0.2) is 0 Å². The van der Waals surface area contributed by atoms with Crippen LogP contribution >= 0.6 is 23.2 Å².